The first-order valence-corrected chi connectivity index (χ1v) is 11.6. The molecule has 0 aliphatic carbocycles. The van der Waals surface area contributed by atoms with E-state index in [2.05, 4.69) is 10.0 Å². The molecular weight excluding hydrogens is 434 g/mol. The minimum atomic E-state index is -4.30. The number of thioether (sulfide) groups is 1. The van der Waals surface area contributed by atoms with Crippen LogP contribution in [0.15, 0.2) is 29.2 Å². The van der Waals surface area contributed by atoms with Gasteiger partial charge in [0.1, 0.15) is 16.8 Å². The van der Waals surface area contributed by atoms with E-state index in [4.69, 9.17) is 0 Å². The summed E-state index contributed by atoms with van der Waals surface area (Å²) in [6.45, 7) is -0.867. The summed E-state index contributed by atoms with van der Waals surface area (Å²) in [7, 11) is -2.94. The van der Waals surface area contributed by atoms with E-state index in [-0.39, 0.29) is 25.9 Å². The third-order valence-electron chi connectivity index (χ3n) is 3.82. The Morgan fingerprint density at radius 1 is 1.28 bits per heavy atom. The number of hydrogen-bond donors (Lipinski definition) is 2. The largest absolute Gasteiger partial charge is 0.401 e. The minimum Gasteiger partial charge on any atom is -0.355 e. The SMILES string of the molecule is CSCCC(NS(=O)(=O)c1ccccc1F)C(=O)NCCCN(C)CC(F)(F)F. The number of amides is 1. The molecule has 29 heavy (non-hydrogen) atoms. The molecule has 1 aromatic carbocycles. The van der Waals surface area contributed by atoms with Crippen molar-refractivity contribution in [2.45, 2.75) is 30.0 Å². The first-order chi connectivity index (χ1) is 13.5. The van der Waals surface area contributed by atoms with Crippen LogP contribution in [-0.4, -0.2) is 70.1 Å². The van der Waals surface area contributed by atoms with Crippen molar-refractivity contribution < 1.29 is 30.8 Å². The van der Waals surface area contributed by atoms with Gasteiger partial charge < -0.3 is 5.32 Å². The Morgan fingerprint density at radius 2 is 1.93 bits per heavy atom. The van der Waals surface area contributed by atoms with Gasteiger partial charge in [0.05, 0.1) is 6.54 Å². The van der Waals surface area contributed by atoms with Crippen molar-refractivity contribution in [3.8, 4) is 0 Å². The van der Waals surface area contributed by atoms with Crippen LogP contribution in [-0.2, 0) is 14.8 Å². The van der Waals surface area contributed by atoms with Crippen LogP contribution >= 0.6 is 11.8 Å². The fourth-order valence-corrected chi connectivity index (χ4v) is 4.24. The highest BCUT2D eigenvalue weighted by atomic mass is 32.2. The van der Waals surface area contributed by atoms with E-state index in [0.29, 0.717) is 5.75 Å². The predicted molar refractivity (Wildman–Crippen MR) is 105 cm³/mol. The van der Waals surface area contributed by atoms with Crippen LogP contribution in [0.4, 0.5) is 17.6 Å². The lowest BCUT2D eigenvalue weighted by molar-refractivity contribution is -0.143. The summed E-state index contributed by atoms with van der Waals surface area (Å²) in [6, 6.07) is 3.69. The monoisotopic (exact) mass is 459 g/mol. The number of halogens is 4. The van der Waals surface area contributed by atoms with Crippen molar-refractivity contribution in [3.05, 3.63) is 30.1 Å². The molecule has 0 spiro atoms. The molecule has 6 nitrogen and oxygen atoms in total. The number of nitrogens with zero attached hydrogens (tertiary/aromatic N) is 1. The maximum absolute atomic E-state index is 13.8. The van der Waals surface area contributed by atoms with Crippen molar-refractivity contribution in [2.75, 3.05) is 38.7 Å². The number of alkyl halides is 3. The number of sulfonamides is 1. The van der Waals surface area contributed by atoms with E-state index < -0.39 is 45.4 Å². The average molecular weight is 460 g/mol. The van der Waals surface area contributed by atoms with Crippen LogP contribution in [0.25, 0.3) is 0 Å². The number of carbonyl (C=O) groups is 1. The number of carbonyl (C=O) groups excluding carboxylic acids is 1. The molecule has 1 amide bonds. The molecule has 1 rings (SSSR count). The van der Waals surface area contributed by atoms with Crippen LogP contribution < -0.4 is 10.0 Å². The molecule has 0 aliphatic heterocycles. The molecule has 1 aromatic rings. The number of nitrogens with one attached hydrogen (secondary N) is 2. The number of rotatable bonds is 12. The molecule has 0 radical (unpaired) electrons. The molecule has 0 saturated heterocycles. The second kappa shape index (κ2) is 11.7. The molecule has 1 atom stereocenters. The Kier molecular flexibility index (Phi) is 10.4. The van der Waals surface area contributed by atoms with E-state index in [1.54, 1.807) is 6.26 Å². The van der Waals surface area contributed by atoms with Gasteiger partial charge in [0, 0.05) is 6.54 Å². The van der Waals surface area contributed by atoms with Gasteiger partial charge in [-0.2, -0.15) is 29.7 Å². The Hall–Kier alpha value is -1.37. The fourth-order valence-electron chi connectivity index (χ4n) is 2.46. The van der Waals surface area contributed by atoms with Gasteiger partial charge in [0.15, 0.2) is 0 Å². The van der Waals surface area contributed by atoms with E-state index in [0.717, 1.165) is 17.0 Å². The molecule has 12 heteroatoms. The molecule has 0 fully saturated rings. The average Bonchev–Trinajstić information content (AvgIpc) is 2.60. The molecule has 166 valence electrons. The summed E-state index contributed by atoms with van der Waals surface area (Å²) in [5.74, 6) is -1.07. The molecule has 0 saturated carbocycles. The zero-order valence-electron chi connectivity index (χ0n) is 16.1. The van der Waals surface area contributed by atoms with Gasteiger partial charge >= 0.3 is 6.18 Å². The van der Waals surface area contributed by atoms with Crippen LogP contribution in [0.3, 0.4) is 0 Å². The standard InChI is InChI=1S/C17H25F4N3O3S2/c1-24(12-17(19,20)21)10-5-9-22-16(25)14(8-11-28-2)23-29(26,27)15-7-4-3-6-13(15)18/h3-4,6-7,14,23H,5,8-12H2,1-2H3,(H,22,25). The van der Waals surface area contributed by atoms with Gasteiger partial charge in [-0.3, -0.25) is 9.69 Å². The number of benzene rings is 1. The molecule has 0 aromatic heterocycles. The minimum absolute atomic E-state index is 0.0816. The zero-order valence-corrected chi connectivity index (χ0v) is 17.8. The van der Waals surface area contributed by atoms with Crippen LogP contribution in [0.5, 0.6) is 0 Å². The van der Waals surface area contributed by atoms with Gasteiger partial charge in [-0.05, 0) is 50.6 Å². The second-order valence-corrected chi connectivity index (χ2v) is 9.05. The zero-order chi connectivity index (χ0) is 22.1. The van der Waals surface area contributed by atoms with Crippen LogP contribution in [0.1, 0.15) is 12.8 Å². The second-order valence-electron chi connectivity index (χ2n) is 6.38. The summed E-state index contributed by atoms with van der Waals surface area (Å²) in [4.78, 5) is 12.9. The summed E-state index contributed by atoms with van der Waals surface area (Å²) in [5, 5.41) is 2.52. The highest BCUT2D eigenvalue weighted by molar-refractivity contribution is 7.98. The van der Waals surface area contributed by atoms with E-state index in [9.17, 15) is 30.8 Å². The summed E-state index contributed by atoms with van der Waals surface area (Å²) >= 11 is 1.41. The topological polar surface area (TPSA) is 78.5 Å². The lowest BCUT2D eigenvalue weighted by atomic mass is 10.2. The first kappa shape index (κ1) is 25.7. The van der Waals surface area contributed by atoms with Gasteiger partial charge in [-0.15, -0.1) is 0 Å². The maximum atomic E-state index is 13.8. The molecule has 2 N–H and O–H groups in total. The summed E-state index contributed by atoms with van der Waals surface area (Å²) in [5.41, 5.74) is 0. The smallest absolute Gasteiger partial charge is 0.355 e. The lowest BCUT2D eigenvalue weighted by Gasteiger charge is -2.20. The van der Waals surface area contributed by atoms with Gasteiger partial charge in [-0.1, -0.05) is 12.1 Å². The highest BCUT2D eigenvalue weighted by Crippen LogP contribution is 2.16. The Bertz CT molecular complexity index is 761. The van der Waals surface area contributed by atoms with E-state index in [1.165, 1.54) is 30.9 Å². The Labute approximate surface area is 172 Å². The van der Waals surface area contributed by atoms with Gasteiger partial charge in [-0.25, -0.2) is 12.8 Å². The third-order valence-corrected chi connectivity index (χ3v) is 5.96. The fraction of sp³-hybridized carbons (Fsp3) is 0.588. The van der Waals surface area contributed by atoms with Gasteiger partial charge in [0.2, 0.25) is 15.9 Å². The van der Waals surface area contributed by atoms with Gasteiger partial charge in [0.25, 0.3) is 0 Å². The van der Waals surface area contributed by atoms with Crippen molar-refractivity contribution in [1.82, 2.24) is 14.9 Å². The van der Waals surface area contributed by atoms with Crippen molar-refractivity contribution >= 4 is 27.7 Å². The summed E-state index contributed by atoms with van der Waals surface area (Å²) in [6.07, 6.45) is -2.08. The molecule has 0 bridgehead atoms. The number of hydrogen-bond acceptors (Lipinski definition) is 5. The highest BCUT2D eigenvalue weighted by Gasteiger charge is 2.29. The predicted octanol–water partition coefficient (Wildman–Crippen LogP) is 2.23. The molecule has 1 unspecified atom stereocenters. The maximum Gasteiger partial charge on any atom is 0.401 e. The quantitative estimate of drug-likeness (QED) is 0.370. The van der Waals surface area contributed by atoms with Crippen molar-refractivity contribution in [2.24, 2.45) is 0 Å². The molecule has 0 aliphatic rings. The lowest BCUT2D eigenvalue weighted by Crippen LogP contribution is -2.47. The first-order valence-electron chi connectivity index (χ1n) is 8.75. The van der Waals surface area contributed by atoms with Crippen molar-refractivity contribution in [1.29, 1.82) is 0 Å². The Balaban J connectivity index is 2.65. The van der Waals surface area contributed by atoms with E-state index >= 15 is 0 Å². The third kappa shape index (κ3) is 9.79. The summed E-state index contributed by atoms with van der Waals surface area (Å²) < 4.78 is 77.8. The Morgan fingerprint density at radius 3 is 2.52 bits per heavy atom. The van der Waals surface area contributed by atoms with Crippen LogP contribution in [0.2, 0.25) is 0 Å². The van der Waals surface area contributed by atoms with E-state index in [1.807, 2.05) is 0 Å². The molecular formula is C17H25F4N3O3S2. The molecule has 0 heterocycles. The normalized spacial score (nSPS) is 13.5. The van der Waals surface area contributed by atoms with Crippen molar-refractivity contribution in [3.63, 3.8) is 0 Å². The van der Waals surface area contributed by atoms with Crippen LogP contribution in [0, 0.1) is 5.82 Å².